The second-order valence-corrected chi connectivity index (χ2v) is 8.29. The summed E-state index contributed by atoms with van der Waals surface area (Å²) in [5, 5.41) is 0.644. The van der Waals surface area contributed by atoms with Crippen molar-refractivity contribution in [3.8, 4) is 0 Å². The molecule has 4 bridgehead atoms. The van der Waals surface area contributed by atoms with Crippen molar-refractivity contribution < 1.29 is 9.53 Å². The summed E-state index contributed by atoms with van der Waals surface area (Å²) in [6.45, 7) is 0.727. The van der Waals surface area contributed by atoms with E-state index in [1.165, 1.54) is 25.7 Å². The maximum atomic E-state index is 11.6. The van der Waals surface area contributed by atoms with Crippen LogP contribution in [0.5, 0.6) is 0 Å². The first kappa shape index (κ1) is 10.6. The third kappa shape index (κ3) is 1.04. The summed E-state index contributed by atoms with van der Waals surface area (Å²) in [5.41, 5.74) is 0.251. The quantitative estimate of drug-likeness (QED) is 0.413. The first-order chi connectivity index (χ1) is 8.68. The van der Waals surface area contributed by atoms with Gasteiger partial charge in [-0.25, -0.2) is 0 Å². The Morgan fingerprint density at radius 3 is 2.83 bits per heavy atom. The SMILES string of the molecule is O=C1CC2(CO1)CC1CC2C2C3CC(CC3S)C12. The Kier molecular flexibility index (Phi) is 1.83. The molecule has 8 unspecified atom stereocenters. The summed E-state index contributed by atoms with van der Waals surface area (Å²) in [6, 6.07) is 0. The number of esters is 1. The van der Waals surface area contributed by atoms with Crippen LogP contribution in [0, 0.1) is 40.9 Å². The molecule has 1 heterocycles. The molecule has 0 N–H and O–H groups in total. The number of hydrogen-bond donors (Lipinski definition) is 1. The molecule has 1 aliphatic heterocycles. The van der Waals surface area contributed by atoms with E-state index in [2.05, 4.69) is 0 Å². The van der Waals surface area contributed by atoms with E-state index in [9.17, 15) is 4.79 Å². The van der Waals surface area contributed by atoms with Crippen molar-refractivity contribution in [3.63, 3.8) is 0 Å². The van der Waals surface area contributed by atoms with Crippen LogP contribution in [0.3, 0.4) is 0 Å². The number of carbonyl (C=O) groups excluding carboxylic acids is 1. The molecule has 3 heteroatoms. The Hall–Kier alpha value is -0.180. The van der Waals surface area contributed by atoms with Gasteiger partial charge in [-0.05, 0) is 61.2 Å². The van der Waals surface area contributed by atoms with E-state index in [4.69, 9.17) is 17.4 Å². The van der Waals surface area contributed by atoms with Gasteiger partial charge in [-0.3, -0.25) is 4.79 Å². The predicted octanol–water partition coefficient (Wildman–Crippen LogP) is 2.53. The lowest BCUT2D eigenvalue weighted by atomic mass is 9.60. The van der Waals surface area contributed by atoms with Crippen LogP contribution in [0.1, 0.15) is 32.1 Å². The lowest BCUT2D eigenvalue weighted by molar-refractivity contribution is -0.137. The summed E-state index contributed by atoms with van der Waals surface area (Å²) < 4.78 is 5.34. The lowest BCUT2D eigenvalue weighted by Crippen LogP contribution is -2.42. The van der Waals surface area contributed by atoms with Gasteiger partial charge >= 0.3 is 5.97 Å². The molecule has 98 valence electrons. The predicted molar refractivity (Wildman–Crippen MR) is 70.2 cm³/mol. The standard InChI is InChI=1S/C15H20O2S/c16-12-5-15(6-17-12)4-8-2-10(15)14-9-1-7(13(8)14)3-11(9)18/h7-11,13-14,18H,1-6H2. The number of ether oxygens (including phenoxy) is 1. The van der Waals surface area contributed by atoms with Crippen LogP contribution in [-0.2, 0) is 9.53 Å². The van der Waals surface area contributed by atoms with Gasteiger partial charge in [-0.2, -0.15) is 12.6 Å². The first-order valence-corrected chi connectivity index (χ1v) is 8.03. The number of fused-ring (bicyclic) bond motifs is 10. The smallest absolute Gasteiger partial charge is 0.306 e. The van der Waals surface area contributed by atoms with Gasteiger partial charge in [0.15, 0.2) is 0 Å². The third-order valence-corrected chi connectivity index (χ3v) is 7.73. The van der Waals surface area contributed by atoms with Crippen molar-refractivity contribution >= 4 is 18.6 Å². The third-order valence-electron chi connectivity index (χ3n) is 7.13. The van der Waals surface area contributed by atoms with Crippen LogP contribution in [0.4, 0.5) is 0 Å². The Bertz CT molecular complexity index is 436. The highest BCUT2D eigenvalue weighted by atomic mass is 32.1. The van der Waals surface area contributed by atoms with Crippen molar-refractivity contribution in [1.29, 1.82) is 0 Å². The zero-order valence-electron chi connectivity index (χ0n) is 10.5. The molecule has 2 nitrogen and oxygen atoms in total. The summed E-state index contributed by atoms with van der Waals surface area (Å²) in [4.78, 5) is 11.6. The maximum Gasteiger partial charge on any atom is 0.306 e. The van der Waals surface area contributed by atoms with E-state index >= 15 is 0 Å². The number of carbonyl (C=O) groups is 1. The molecule has 4 saturated carbocycles. The van der Waals surface area contributed by atoms with Crippen molar-refractivity contribution in [2.24, 2.45) is 40.9 Å². The fraction of sp³-hybridized carbons (Fsp3) is 0.933. The Labute approximate surface area is 113 Å². The molecular weight excluding hydrogens is 244 g/mol. The fourth-order valence-electron chi connectivity index (χ4n) is 6.86. The summed E-state index contributed by atoms with van der Waals surface area (Å²) in [7, 11) is 0. The number of cyclic esters (lactones) is 1. The van der Waals surface area contributed by atoms with E-state index in [0.717, 1.165) is 42.1 Å². The van der Waals surface area contributed by atoms with Crippen molar-refractivity contribution in [2.45, 2.75) is 37.4 Å². The van der Waals surface area contributed by atoms with Gasteiger partial charge in [-0.15, -0.1) is 0 Å². The zero-order valence-corrected chi connectivity index (χ0v) is 11.4. The Morgan fingerprint density at radius 2 is 2.06 bits per heavy atom. The van der Waals surface area contributed by atoms with Crippen LogP contribution in [-0.4, -0.2) is 17.8 Å². The highest BCUT2D eigenvalue weighted by Gasteiger charge is 2.69. The molecule has 5 fully saturated rings. The van der Waals surface area contributed by atoms with Gasteiger partial charge < -0.3 is 4.74 Å². The molecule has 8 atom stereocenters. The number of hydrogen-bond acceptors (Lipinski definition) is 3. The van der Waals surface area contributed by atoms with Gasteiger partial charge in [-0.1, -0.05) is 0 Å². The van der Waals surface area contributed by atoms with E-state index in [1.807, 2.05) is 0 Å². The van der Waals surface area contributed by atoms with E-state index < -0.39 is 0 Å². The summed E-state index contributed by atoms with van der Waals surface area (Å²) in [6.07, 6.45) is 6.18. The maximum absolute atomic E-state index is 11.6. The average molecular weight is 264 g/mol. The van der Waals surface area contributed by atoms with Gasteiger partial charge in [0.1, 0.15) is 0 Å². The van der Waals surface area contributed by atoms with Crippen LogP contribution in [0.15, 0.2) is 0 Å². The minimum absolute atomic E-state index is 0.0599. The van der Waals surface area contributed by atoms with Crippen LogP contribution in [0.25, 0.3) is 0 Å². The van der Waals surface area contributed by atoms with Gasteiger partial charge in [0.05, 0.1) is 13.0 Å². The van der Waals surface area contributed by atoms with Gasteiger partial charge in [0.2, 0.25) is 0 Å². The topological polar surface area (TPSA) is 26.3 Å². The molecule has 18 heavy (non-hydrogen) atoms. The van der Waals surface area contributed by atoms with E-state index in [-0.39, 0.29) is 11.4 Å². The van der Waals surface area contributed by atoms with Gasteiger partial charge in [0, 0.05) is 10.7 Å². The largest absolute Gasteiger partial charge is 0.465 e. The molecule has 0 aromatic carbocycles. The summed E-state index contributed by atoms with van der Waals surface area (Å²) in [5.74, 6) is 5.45. The monoisotopic (exact) mass is 264 g/mol. The van der Waals surface area contributed by atoms with E-state index in [0.29, 0.717) is 11.7 Å². The first-order valence-electron chi connectivity index (χ1n) is 7.52. The molecule has 1 saturated heterocycles. The molecule has 1 spiro atoms. The highest BCUT2D eigenvalue weighted by Crippen LogP contribution is 2.73. The average Bonchev–Trinajstić information content (AvgIpc) is 3.04. The van der Waals surface area contributed by atoms with Crippen molar-refractivity contribution in [3.05, 3.63) is 0 Å². The minimum atomic E-state index is 0.0599. The Morgan fingerprint density at radius 1 is 1.17 bits per heavy atom. The van der Waals surface area contributed by atoms with Crippen molar-refractivity contribution in [2.75, 3.05) is 6.61 Å². The second kappa shape index (κ2) is 3.11. The number of rotatable bonds is 0. The normalized spacial score (nSPS) is 63.8. The van der Waals surface area contributed by atoms with Crippen LogP contribution >= 0.6 is 12.6 Å². The van der Waals surface area contributed by atoms with Crippen LogP contribution in [0.2, 0.25) is 0 Å². The zero-order chi connectivity index (χ0) is 12.1. The van der Waals surface area contributed by atoms with Crippen molar-refractivity contribution in [1.82, 2.24) is 0 Å². The van der Waals surface area contributed by atoms with E-state index in [1.54, 1.807) is 0 Å². The van der Waals surface area contributed by atoms with Gasteiger partial charge in [0.25, 0.3) is 0 Å². The molecule has 5 aliphatic rings. The molecule has 4 aliphatic carbocycles. The molecule has 0 amide bonds. The molecule has 0 aromatic rings. The fourth-order valence-corrected chi connectivity index (χ4v) is 7.45. The molecule has 0 aromatic heterocycles. The summed E-state index contributed by atoms with van der Waals surface area (Å²) >= 11 is 4.82. The van der Waals surface area contributed by atoms with Crippen LogP contribution < -0.4 is 0 Å². The minimum Gasteiger partial charge on any atom is -0.465 e. The Balaban J connectivity index is 1.53. The number of thiol groups is 1. The lowest BCUT2D eigenvalue weighted by Gasteiger charge is -2.44. The molecular formula is C15H20O2S. The highest BCUT2D eigenvalue weighted by molar-refractivity contribution is 7.81. The molecule has 0 radical (unpaired) electrons. The second-order valence-electron chi connectivity index (χ2n) is 7.62. The molecule has 5 rings (SSSR count).